The molecule has 1 aliphatic heterocycles. The molecule has 8 heteroatoms. The number of rotatable bonds is 4. The number of likely N-dealkylation sites (tertiary alicyclic amines) is 1. The van der Waals surface area contributed by atoms with Gasteiger partial charge >= 0.3 is 0 Å². The zero-order valence-electron chi connectivity index (χ0n) is 16.1. The van der Waals surface area contributed by atoms with Gasteiger partial charge in [-0.2, -0.15) is 10.4 Å². The maximum atomic E-state index is 9.19. The number of ether oxygens (including phenoxy) is 1. The molecule has 1 saturated heterocycles. The predicted octanol–water partition coefficient (Wildman–Crippen LogP) is 3.60. The Hall–Kier alpha value is -4.12. The molecule has 3 heterocycles. The van der Waals surface area contributed by atoms with E-state index in [2.05, 4.69) is 16.2 Å². The van der Waals surface area contributed by atoms with Crippen LogP contribution in [0.5, 0.6) is 11.5 Å². The normalized spacial score (nSPS) is 16.0. The van der Waals surface area contributed by atoms with E-state index in [0.717, 1.165) is 34.6 Å². The number of nitriles is 1. The van der Waals surface area contributed by atoms with Crippen LogP contribution in [-0.2, 0) is 0 Å². The fourth-order valence-corrected chi connectivity index (χ4v) is 3.79. The fraction of sp³-hybridized carbons (Fsp3) is 0.182. The van der Waals surface area contributed by atoms with Crippen molar-refractivity contribution in [1.82, 2.24) is 24.6 Å². The van der Waals surface area contributed by atoms with Gasteiger partial charge in [-0.25, -0.2) is 14.6 Å². The van der Waals surface area contributed by atoms with Crippen LogP contribution in [-0.4, -0.2) is 37.7 Å². The number of nitrogens with two attached hydrogens (primary N) is 1. The number of benzene rings is 2. The summed E-state index contributed by atoms with van der Waals surface area (Å²) in [4.78, 5) is 10.3. The van der Waals surface area contributed by atoms with E-state index in [4.69, 9.17) is 15.6 Å². The van der Waals surface area contributed by atoms with Crippen molar-refractivity contribution in [2.75, 3.05) is 18.8 Å². The minimum Gasteiger partial charge on any atom is -0.457 e. The van der Waals surface area contributed by atoms with Crippen molar-refractivity contribution in [3.63, 3.8) is 0 Å². The summed E-state index contributed by atoms with van der Waals surface area (Å²) in [5.74, 6) is 1.90. The number of hydrogen-bond acceptors (Lipinski definition) is 7. The summed E-state index contributed by atoms with van der Waals surface area (Å²) in [7, 11) is 0. The number of nitrogen functional groups attached to an aromatic ring is 1. The number of aromatic nitrogens is 4. The van der Waals surface area contributed by atoms with E-state index >= 15 is 0 Å². The van der Waals surface area contributed by atoms with E-state index in [1.54, 1.807) is 4.90 Å². The molecular weight excluding hydrogens is 378 g/mol. The highest BCUT2D eigenvalue weighted by Gasteiger charge is 2.28. The van der Waals surface area contributed by atoms with Gasteiger partial charge in [0.25, 0.3) is 0 Å². The summed E-state index contributed by atoms with van der Waals surface area (Å²) in [5.41, 5.74) is 8.51. The van der Waals surface area contributed by atoms with Crippen molar-refractivity contribution < 1.29 is 4.74 Å². The molecule has 30 heavy (non-hydrogen) atoms. The van der Waals surface area contributed by atoms with Crippen LogP contribution in [0.15, 0.2) is 60.9 Å². The predicted molar refractivity (Wildman–Crippen MR) is 113 cm³/mol. The van der Waals surface area contributed by atoms with Crippen molar-refractivity contribution in [2.45, 2.75) is 12.5 Å². The van der Waals surface area contributed by atoms with Gasteiger partial charge in [0, 0.05) is 12.1 Å². The maximum Gasteiger partial charge on any atom is 0.179 e. The molecule has 4 aromatic rings. The third kappa shape index (κ3) is 3.16. The number of para-hydroxylation sites is 1. The van der Waals surface area contributed by atoms with Crippen molar-refractivity contribution in [3.05, 3.63) is 60.9 Å². The van der Waals surface area contributed by atoms with Crippen LogP contribution in [0.4, 0.5) is 5.82 Å². The molecule has 1 aliphatic rings. The first-order valence-corrected chi connectivity index (χ1v) is 9.69. The second-order valence-electron chi connectivity index (χ2n) is 7.18. The first kappa shape index (κ1) is 17.9. The highest BCUT2D eigenvalue weighted by Crippen LogP contribution is 2.34. The molecule has 2 aromatic carbocycles. The monoisotopic (exact) mass is 397 g/mol. The van der Waals surface area contributed by atoms with Crippen LogP contribution in [0.25, 0.3) is 22.3 Å². The Labute approximate surface area is 173 Å². The molecule has 1 atom stereocenters. The molecule has 5 rings (SSSR count). The Bertz CT molecular complexity index is 1230. The van der Waals surface area contributed by atoms with Crippen molar-refractivity contribution in [1.29, 1.82) is 5.26 Å². The van der Waals surface area contributed by atoms with Crippen LogP contribution in [0, 0.1) is 11.5 Å². The highest BCUT2D eigenvalue weighted by molar-refractivity contribution is 5.98. The van der Waals surface area contributed by atoms with Crippen LogP contribution in [0.2, 0.25) is 0 Å². The van der Waals surface area contributed by atoms with E-state index in [0.29, 0.717) is 24.6 Å². The van der Waals surface area contributed by atoms with Gasteiger partial charge in [-0.15, -0.1) is 0 Å². The summed E-state index contributed by atoms with van der Waals surface area (Å²) in [6, 6.07) is 17.4. The first-order chi connectivity index (χ1) is 14.7. The summed E-state index contributed by atoms with van der Waals surface area (Å²) in [6.45, 7) is 1.32. The van der Waals surface area contributed by atoms with Crippen LogP contribution in [0.3, 0.4) is 0 Å². The lowest BCUT2D eigenvalue weighted by atomic mass is 10.1. The van der Waals surface area contributed by atoms with Gasteiger partial charge < -0.3 is 15.4 Å². The van der Waals surface area contributed by atoms with E-state index in [1.807, 2.05) is 59.3 Å². The lowest BCUT2D eigenvalue weighted by Gasteiger charge is -2.11. The average molecular weight is 397 g/mol. The third-order valence-electron chi connectivity index (χ3n) is 5.28. The lowest BCUT2D eigenvalue weighted by molar-refractivity contribution is 0.433. The van der Waals surface area contributed by atoms with E-state index < -0.39 is 0 Å². The number of fused-ring (bicyclic) bond motifs is 1. The van der Waals surface area contributed by atoms with Gasteiger partial charge in [-0.1, -0.05) is 18.2 Å². The number of nitrogens with zero attached hydrogens (tertiary/aromatic N) is 6. The molecule has 0 radical (unpaired) electrons. The summed E-state index contributed by atoms with van der Waals surface area (Å²) in [6.07, 6.45) is 4.49. The van der Waals surface area contributed by atoms with Gasteiger partial charge in [0.15, 0.2) is 11.8 Å². The Balaban J connectivity index is 1.52. The van der Waals surface area contributed by atoms with Crippen molar-refractivity contribution in [3.8, 4) is 28.9 Å². The molecule has 8 nitrogen and oxygen atoms in total. The number of hydrogen-bond donors (Lipinski definition) is 1. The van der Waals surface area contributed by atoms with Crippen LogP contribution < -0.4 is 10.5 Å². The van der Waals surface area contributed by atoms with Crippen LogP contribution >= 0.6 is 0 Å². The van der Waals surface area contributed by atoms with Crippen molar-refractivity contribution in [2.24, 2.45) is 0 Å². The Morgan fingerprint density at radius 1 is 1.03 bits per heavy atom. The Morgan fingerprint density at radius 3 is 2.53 bits per heavy atom. The number of anilines is 1. The third-order valence-corrected chi connectivity index (χ3v) is 5.28. The molecule has 0 bridgehead atoms. The Morgan fingerprint density at radius 2 is 1.80 bits per heavy atom. The zero-order chi connectivity index (χ0) is 20.5. The van der Waals surface area contributed by atoms with Gasteiger partial charge in [-0.05, 0) is 42.8 Å². The molecule has 1 fully saturated rings. The second-order valence-corrected chi connectivity index (χ2v) is 7.18. The molecular formula is C22H19N7O. The first-order valence-electron chi connectivity index (χ1n) is 9.69. The largest absolute Gasteiger partial charge is 0.457 e. The van der Waals surface area contributed by atoms with Gasteiger partial charge in [-0.3, -0.25) is 0 Å². The second kappa shape index (κ2) is 7.37. The molecule has 2 N–H and O–H groups in total. The SMILES string of the molecule is N#CN1CC[C@@H](n2nc(-c3ccc(Oc4ccccc4)cc3)c3c(N)ncnc32)C1. The van der Waals surface area contributed by atoms with Crippen LogP contribution in [0.1, 0.15) is 12.5 Å². The smallest absolute Gasteiger partial charge is 0.179 e. The Kier molecular flexibility index (Phi) is 4.41. The van der Waals surface area contributed by atoms with E-state index in [9.17, 15) is 5.26 Å². The molecule has 0 unspecified atom stereocenters. The van der Waals surface area contributed by atoms with Gasteiger partial charge in [0.05, 0.1) is 18.0 Å². The topological polar surface area (TPSA) is 106 Å². The van der Waals surface area contributed by atoms with Crippen molar-refractivity contribution >= 4 is 16.9 Å². The molecule has 148 valence electrons. The molecule has 0 saturated carbocycles. The average Bonchev–Trinajstić information content (AvgIpc) is 3.40. The zero-order valence-corrected chi connectivity index (χ0v) is 16.1. The minimum absolute atomic E-state index is 0.0656. The molecule has 0 spiro atoms. The maximum absolute atomic E-state index is 9.19. The van der Waals surface area contributed by atoms with E-state index in [1.165, 1.54) is 6.33 Å². The molecule has 0 aliphatic carbocycles. The van der Waals surface area contributed by atoms with E-state index in [-0.39, 0.29) is 6.04 Å². The van der Waals surface area contributed by atoms with Gasteiger partial charge in [0.1, 0.15) is 29.3 Å². The highest BCUT2D eigenvalue weighted by atomic mass is 16.5. The summed E-state index contributed by atoms with van der Waals surface area (Å²) < 4.78 is 7.76. The standard InChI is InChI=1S/C22H19N7O/c23-13-28-11-10-16(12-28)29-22-19(21(24)25-14-26-22)20(27-29)15-6-8-18(9-7-15)30-17-4-2-1-3-5-17/h1-9,14,16H,10-12H2,(H2,24,25,26)/t16-/m1/s1. The quantitative estimate of drug-likeness (QED) is 0.524. The minimum atomic E-state index is 0.0656. The molecule has 0 amide bonds. The summed E-state index contributed by atoms with van der Waals surface area (Å²) >= 11 is 0. The summed E-state index contributed by atoms with van der Waals surface area (Å²) in [5, 5.41) is 14.8. The van der Waals surface area contributed by atoms with Gasteiger partial charge in [0.2, 0.25) is 0 Å². The lowest BCUT2D eigenvalue weighted by Crippen LogP contribution is -2.17. The molecule has 2 aromatic heterocycles. The fourth-order valence-electron chi connectivity index (χ4n) is 3.79.